The van der Waals surface area contributed by atoms with Gasteiger partial charge in [-0.3, -0.25) is 4.79 Å². The molecule has 0 N–H and O–H groups in total. The van der Waals surface area contributed by atoms with Gasteiger partial charge in [0.05, 0.1) is 13.2 Å². The maximum atomic E-state index is 11.0. The summed E-state index contributed by atoms with van der Waals surface area (Å²) in [5, 5.41) is 0. The Bertz CT molecular complexity index is 647. The predicted molar refractivity (Wildman–Crippen MR) is 152 cm³/mol. The number of rotatable bonds is 18. The molecule has 0 aromatic carbocycles. The molecule has 0 aliphatic rings. The zero-order valence-electron chi connectivity index (χ0n) is 23.3. The molecule has 0 saturated carbocycles. The molecule has 0 amide bonds. The number of allylic oxidation sites excluding steroid dienone is 9. The van der Waals surface area contributed by atoms with Gasteiger partial charge in [0.2, 0.25) is 8.32 Å². The molecule has 0 aliphatic carbocycles. The van der Waals surface area contributed by atoms with Crippen LogP contribution in [0, 0.1) is 0 Å². The van der Waals surface area contributed by atoms with Crippen LogP contribution in [0.2, 0.25) is 16.6 Å². The van der Waals surface area contributed by atoms with Crippen LogP contribution < -0.4 is 0 Å². The van der Waals surface area contributed by atoms with Gasteiger partial charge in [-0.2, -0.15) is 0 Å². The summed E-state index contributed by atoms with van der Waals surface area (Å²) in [6.45, 7) is 16.3. The van der Waals surface area contributed by atoms with E-state index in [9.17, 15) is 4.79 Å². The standard InChI is InChI=1S/C30H52O3Si/c1-9-29(33-34(26(2)3,27(4)5)28(6)7)24-22-20-18-16-14-12-10-11-13-15-17-19-21-23-25-30(31)32-8/h11-14,17-20,22,24,26-29H,9-10,15-16,21,23,25H2,1-8H3/b13-11-,14-12-,19-17-,20-18-,24-22+/t29-/m1/s1. The lowest BCUT2D eigenvalue weighted by molar-refractivity contribution is -0.140. The van der Waals surface area contributed by atoms with Crippen molar-refractivity contribution in [1.29, 1.82) is 0 Å². The second kappa shape index (κ2) is 19.6. The predicted octanol–water partition coefficient (Wildman–Crippen LogP) is 9.25. The Kier molecular flexibility index (Phi) is 18.7. The number of methoxy groups -OCH3 is 1. The smallest absolute Gasteiger partial charge is 0.305 e. The molecular formula is C30H52O3Si. The monoisotopic (exact) mass is 488 g/mol. The number of carbonyl (C=O) groups excluding carboxylic acids is 1. The molecule has 0 unspecified atom stereocenters. The van der Waals surface area contributed by atoms with E-state index in [1.165, 1.54) is 7.11 Å². The van der Waals surface area contributed by atoms with Crippen LogP contribution >= 0.6 is 0 Å². The van der Waals surface area contributed by atoms with Crippen molar-refractivity contribution < 1.29 is 14.0 Å². The van der Waals surface area contributed by atoms with Gasteiger partial charge in [-0.15, -0.1) is 0 Å². The first kappa shape index (κ1) is 32.3. The van der Waals surface area contributed by atoms with Gasteiger partial charge < -0.3 is 9.16 Å². The van der Waals surface area contributed by atoms with E-state index in [0.717, 1.165) is 38.5 Å². The van der Waals surface area contributed by atoms with Crippen molar-refractivity contribution in [2.75, 3.05) is 7.11 Å². The van der Waals surface area contributed by atoms with Crippen molar-refractivity contribution >= 4 is 14.3 Å². The van der Waals surface area contributed by atoms with E-state index in [4.69, 9.17) is 4.43 Å². The second-order valence-electron chi connectivity index (χ2n) is 9.78. The molecule has 0 rings (SSSR count). The summed E-state index contributed by atoms with van der Waals surface area (Å²) in [5.41, 5.74) is 1.83. The lowest BCUT2D eigenvalue weighted by Crippen LogP contribution is -2.49. The number of hydrogen-bond donors (Lipinski definition) is 0. The Morgan fingerprint density at radius 3 is 1.74 bits per heavy atom. The topological polar surface area (TPSA) is 35.5 Å². The highest BCUT2D eigenvalue weighted by Crippen LogP contribution is 2.43. The van der Waals surface area contributed by atoms with E-state index < -0.39 is 8.32 Å². The van der Waals surface area contributed by atoms with Crippen LogP contribution in [0.1, 0.15) is 93.4 Å². The van der Waals surface area contributed by atoms with Gasteiger partial charge >= 0.3 is 5.97 Å². The zero-order valence-corrected chi connectivity index (χ0v) is 24.3. The molecular weight excluding hydrogens is 436 g/mol. The number of esters is 1. The molecule has 0 aromatic heterocycles. The van der Waals surface area contributed by atoms with E-state index in [0.29, 0.717) is 23.0 Å². The van der Waals surface area contributed by atoms with E-state index >= 15 is 0 Å². The summed E-state index contributed by atoms with van der Waals surface area (Å²) in [6.07, 6.45) is 28.1. The number of hydrogen-bond acceptors (Lipinski definition) is 3. The Morgan fingerprint density at radius 2 is 1.26 bits per heavy atom. The Labute approximate surface area is 212 Å². The highest BCUT2D eigenvalue weighted by Gasteiger charge is 2.46. The largest absolute Gasteiger partial charge is 0.469 e. The molecule has 4 heteroatoms. The van der Waals surface area contributed by atoms with Gasteiger partial charge in [-0.05, 0) is 55.1 Å². The lowest BCUT2D eigenvalue weighted by atomic mass is 10.2. The fraction of sp³-hybridized carbons (Fsp3) is 0.633. The summed E-state index contributed by atoms with van der Waals surface area (Å²) < 4.78 is 11.5. The molecule has 0 saturated heterocycles. The van der Waals surface area contributed by atoms with Crippen LogP contribution in [0.3, 0.4) is 0 Å². The van der Waals surface area contributed by atoms with Crippen LogP contribution in [0.4, 0.5) is 0 Å². The molecule has 34 heavy (non-hydrogen) atoms. The van der Waals surface area contributed by atoms with Crippen molar-refractivity contribution in [1.82, 2.24) is 0 Å². The van der Waals surface area contributed by atoms with Gasteiger partial charge in [0, 0.05) is 6.42 Å². The second-order valence-corrected chi connectivity index (χ2v) is 15.2. The number of ether oxygens (including phenoxy) is 1. The minimum Gasteiger partial charge on any atom is -0.469 e. The summed E-state index contributed by atoms with van der Waals surface area (Å²) in [7, 11) is -0.408. The first-order valence-electron chi connectivity index (χ1n) is 13.2. The fourth-order valence-electron chi connectivity index (χ4n) is 4.58. The van der Waals surface area contributed by atoms with Gasteiger partial charge in [0.1, 0.15) is 0 Å². The highest BCUT2D eigenvalue weighted by molar-refractivity contribution is 6.77. The van der Waals surface area contributed by atoms with Crippen LogP contribution in [0.5, 0.6) is 0 Å². The van der Waals surface area contributed by atoms with Gasteiger partial charge in [-0.25, -0.2) is 0 Å². The molecule has 0 aromatic rings. The van der Waals surface area contributed by atoms with Gasteiger partial charge in [-0.1, -0.05) is 109 Å². The molecule has 1 atom stereocenters. The van der Waals surface area contributed by atoms with E-state index in [-0.39, 0.29) is 12.1 Å². The average molecular weight is 489 g/mol. The SMILES string of the molecule is CC[C@H](/C=C/C=C\C/C=C\C/C=C\C/C=C\CCCC(=O)OC)O[Si](C(C)C)(C(C)C)C(C)C. The third-order valence-corrected chi connectivity index (χ3v) is 12.5. The summed E-state index contributed by atoms with van der Waals surface area (Å²) in [5.74, 6) is -0.132. The minimum atomic E-state index is -1.84. The van der Waals surface area contributed by atoms with Crippen LogP contribution in [-0.2, 0) is 14.0 Å². The first-order chi connectivity index (χ1) is 16.2. The third kappa shape index (κ3) is 13.3. The Morgan fingerprint density at radius 1 is 0.765 bits per heavy atom. The first-order valence-corrected chi connectivity index (χ1v) is 15.4. The molecule has 194 valence electrons. The molecule has 0 bridgehead atoms. The maximum Gasteiger partial charge on any atom is 0.305 e. The highest BCUT2D eigenvalue weighted by atomic mass is 28.4. The zero-order chi connectivity index (χ0) is 25.8. The molecule has 0 heterocycles. The maximum absolute atomic E-state index is 11.0. The molecule has 0 aliphatic heterocycles. The number of carbonyl (C=O) groups is 1. The van der Waals surface area contributed by atoms with Crippen LogP contribution in [0.25, 0.3) is 0 Å². The molecule has 0 spiro atoms. The summed E-state index contributed by atoms with van der Waals surface area (Å²) in [4.78, 5) is 11.0. The van der Waals surface area contributed by atoms with Gasteiger partial charge in [0.15, 0.2) is 0 Å². The summed E-state index contributed by atoms with van der Waals surface area (Å²) >= 11 is 0. The quantitative estimate of drug-likeness (QED) is 0.0634. The fourth-order valence-corrected chi connectivity index (χ4v) is 10.2. The molecule has 0 radical (unpaired) electrons. The molecule has 3 nitrogen and oxygen atoms in total. The van der Waals surface area contributed by atoms with Crippen molar-refractivity contribution in [3.63, 3.8) is 0 Å². The van der Waals surface area contributed by atoms with Gasteiger partial charge in [0.25, 0.3) is 0 Å². The van der Waals surface area contributed by atoms with E-state index in [1.54, 1.807) is 0 Å². The van der Waals surface area contributed by atoms with Crippen LogP contribution in [0.15, 0.2) is 60.8 Å². The average Bonchev–Trinajstić information content (AvgIpc) is 2.79. The molecule has 0 fully saturated rings. The van der Waals surface area contributed by atoms with Crippen molar-refractivity contribution in [2.45, 2.75) is 116 Å². The van der Waals surface area contributed by atoms with E-state index in [2.05, 4.69) is 114 Å². The minimum absolute atomic E-state index is 0.132. The van der Waals surface area contributed by atoms with E-state index in [1.807, 2.05) is 0 Å². The third-order valence-electron chi connectivity index (χ3n) is 6.33. The normalized spacial score (nSPS) is 14.4. The number of unbranched alkanes of at least 4 members (excludes halogenated alkanes) is 1. The Hall–Kier alpha value is -1.65. The van der Waals surface area contributed by atoms with Crippen molar-refractivity contribution in [3.05, 3.63) is 60.8 Å². The lowest BCUT2D eigenvalue weighted by Gasteiger charge is -2.44. The Balaban J connectivity index is 4.29. The summed E-state index contributed by atoms with van der Waals surface area (Å²) in [6, 6.07) is 0. The van der Waals surface area contributed by atoms with Crippen molar-refractivity contribution in [3.8, 4) is 0 Å². The van der Waals surface area contributed by atoms with Crippen LogP contribution in [-0.4, -0.2) is 27.5 Å². The van der Waals surface area contributed by atoms with Crippen molar-refractivity contribution in [2.24, 2.45) is 0 Å².